The van der Waals surface area contributed by atoms with Crippen molar-refractivity contribution < 1.29 is 19.4 Å². The summed E-state index contributed by atoms with van der Waals surface area (Å²) in [5.41, 5.74) is 4.94. The molecule has 6 rings (SSSR count). The van der Waals surface area contributed by atoms with E-state index in [1.54, 1.807) is 18.2 Å². The molecule has 0 radical (unpaired) electrons. The topological polar surface area (TPSA) is 71.0 Å². The number of benzene rings is 3. The number of aliphatic hydroxyl groups excluding tert-OH is 1. The van der Waals surface area contributed by atoms with Crippen molar-refractivity contribution in [3.63, 3.8) is 0 Å². The summed E-state index contributed by atoms with van der Waals surface area (Å²) >= 11 is 0. The Morgan fingerprint density at radius 3 is 2.69 bits per heavy atom. The number of carbonyl (C=O) groups is 1. The number of fused-ring (bicyclic) bond motifs is 4. The lowest BCUT2D eigenvalue weighted by molar-refractivity contribution is 0.0700. The summed E-state index contributed by atoms with van der Waals surface area (Å²) in [6.45, 7) is 0.865. The van der Waals surface area contributed by atoms with Crippen molar-refractivity contribution in [2.24, 2.45) is 5.92 Å². The molecule has 6 heteroatoms. The Kier molecular flexibility index (Phi) is 4.54. The lowest BCUT2D eigenvalue weighted by Crippen LogP contribution is -2.42. The summed E-state index contributed by atoms with van der Waals surface area (Å²) in [4.78, 5) is 15.6. The van der Waals surface area contributed by atoms with Crippen LogP contribution in [-0.2, 0) is 0 Å². The second kappa shape index (κ2) is 7.57. The van der Waals surface area contributed by atoms with Gasteiger partial charge >= 0.3 is 0 Å². The first-order chi connectivity index (χ1) is 15.7. The predicted molar refractivity (Wildman–Crippen MR) is 121 cm³/mol. The summed E-state index contributed by atoms with van der Waals surface area (Å²) in [7, 11) is 0. The van der Waals surface area contributed by atoms with Gasteiger partial charge in [0.15, 0.2) is 11.5 Å². The van der Waals surface area contributed by atoms with E-state index in [-0.39, 0.29) is 37.3 Å². The molecule has 0 spiro atoms. The summed E-state index contributed by atoms with van der Waals surface area (Å²) in [5, 5.41) is 13.6. The Balaban J connectivity index is 1.40. The van der Waals surface area contributed by atoms with Crippen LogP contribution in [-0.4, -0.2) is 41.9 Å². The van der Waals surface area contributed by atoms with Gasteiger partial charge in [-0.1, -0.05) is 36.4 Å². The number of rotatable bonds is 3. The second-order valence-corrected chi connectivity index (χ2v) is 8.57. The lowest BCUT2D eigenvalue weighted by Gasteiger charge is -2.39. The van der Waals surface area contributed by atoms with Crippen LogP contribution in [0.1, 0.15) is 28.4 Å². The van der Waals surface area contributed by atoms with Gasteiger partial charge in [0.1, 0.15) is 0 Å². The van der Waals surface area contributed by atoms with Crippen LogP contribution >= 0.6 is 0 Å². The van der Waals surface area contributed by atoms with Gasteiger partial charge in [-0.3, -0.25) is 4.79 Å². The first-order valence-electron chi connectivity index (χ1n) is 11.0. The second-order valence-electron chi connectivity index (χ2n) is 8.57. The lowest BCUT2D eigenvalue weighted by atomic mass is 9.82. The number of aliphatic hydroxyl groups is 1. The Morgan fingerprint density at radius 2 is 1.84 bits per heavy atom. The summed E-state index contributed by atoms with van der Waals surface area (Å²) in [5.74, 6) is 1.40. The number of ether oxygens (including phenoxy) is 2. The highest BCUT2D eigenvalue weighted by atomic mass is 16.7. The molecule has 1 saturated heterocycles. The maximum Gasteiger partial charge on any atom is 0.254 e. The molecular formula is C26H24N2O4. The molecule has 1 amide bonds. The van der Waals surface area contributed by atoms with Crippen LogP contribution in [0.15, 0.2) is 66.7 Å². The van der Waals surface area contributed by atoms with E-state index in [2.05, 4.69) is 35.6 Å². The van der Waals surface area contributed by atoms with E-state index in [9.17, 15) is 9.90 Å². The molecule has 3 heterocycles. The van der Waals surface area contributed by atoms with Gasteiger partial charge in [-0.2, -0.15) is 0 Å². The molecule has 3 aliphatic rings. The van der Waals surface area contributed by atoms with Crippen molar-refractivity contribution >= 4 is 11.6 Å². The van der Waals surface area contributed by atoms with Gasteiger partial charge in [0, 0.05) is 23.7 Å². The van der Waals surface area contributed by atoms with E-state index in [4.69, 9.17) is 9.47 Å². The van der Waals surface area contributed by atoms with Crippen molar-refractivity contribution in [3.8, 4) is 22.6 Å². The third-order valence-electron chi connectivity index (χ3n) is 6.86. The van der Waals surface area contributed by atoms with E-state index >= 15 is 0 Å². The maximum atomic E-state index is 13.6. The van der Waals surface area contributed by atoms with Gasteiger partial charge in [-0.15, -0.1) is 0 Å². The highest BCUT2D eigenvalue weighted by Gasteiger charge is 2.46. The minimum absolute atomic E-state index is 0.0227. The van der Waals surface area contributed by atoms with Gasteiger partial charge in [0.2, 0.25) is 6.79 Å². The standard InChI is InChI=1S/C26H24N2O4/c29-14-22-19-10-11-28(26(30)18-7-9-23-24(13-18)32-15-31-23)25(19)20-12-17(6-8-21(20)27-22)16-4-2-1-3-5-16/h1-9,12-13,19,22,25,27,29H,10-11,14-15H2/t19-,22+,25-/m0/s1. The van der Waals surface area contributed by atoms with Gasteiger partial charge < -0.3 is 24.8 Å². The van der Waals surface area contributed by atoms with Crippen LogP contribution in [0.2, 0.25) is 0 Å². The number of hydrogen-bond acceptors (Lipinski definition) is 5. The van der Waals surface area contributed by atoms with Crippen molar-refractivity contribution in [1.82, 2.24) is 4.90 Å². The first kappa shape index (κ1) is 19.2. The monoisotopic (exact) mass is 428 g/mol. The number of nitrogens with zero attached hydrogens (tertiary/aromatic N) is 1. The molecule has 32 heavy (non-hydrogen) atoms. The summed E-state index contributed by atoms with van der Waals surface area (Å²) in [6, 6.07) is 21.8. The van der Waals surface area contributed by atoms with Crippen LogP contribution in [0, 0.1) is 5.92 Å². The van der Waals surface area contributed by atoms with Gasteiger partial charge in [-0.25, -0.2) is 0 Å². The number of nitrogens with one attached hydrogen (secondary N) is 1. The highest BCUT2D eigenvalue weighted by Crippen LogP contribution is 2.48. The van der Waals surface area contributed by atoms with Crippen molar-refractivity contribution in [2.75, 3.05) is 25.3 Å². The molecule has 0 aromatic heterocycles. The van der Waals surface area contributed by atoms with Crippen molar-refractivity contribution in [2.45, 2.75) is 18.5 Å². The van der Waals surface area contributed by atoms with Crippen molar-refractivity contribution in [3.05, 3.63) is 77.9 Å². The minimum atomic E-state index is -0.0926. The molecule has 0 unspecified atom stereocenters. The van der Waals surface area contributed by atoms with E-state index < -0.39 is 0 Å². The molecule has 3 atom stereocenters. The molecule has 1 fully saturated rings. The molecule has 0 aliphatic carbocycles. The zero-order valence-electron chi connectivity index (χ0n) is 17.5. The fraction of sp³-hybridized carbons (Fsp3) is 0.269. The van der Waals surface area contributed by atoms with Crippen LogP contribution in [0.25, 0.3) is 11.1 Å². The molecule has 3 aliphatic heterocycles. The van der Waals surface area contributed by atoms with Gasteiger partial charge in [0.25, 0.3) is 5.91 Å². The minimum Gasteiger partial charge on any atom is -0.454 e. The molecular weight excluding hydrogens is 404 g/mol. The number of hydrogen-bond donors (Lipinski definition) is 2. The number of amides is 1. The largest absolute Gasteiger partial charge is 0.454 e. The van der Waals surface area contributed by atoms with Crippen LogP contribution < -0.4 is 14.8 Å². The Bertz CT molecular complexity index is 1180. The third kappa shape index (κ3) is 3.02. The average Bonchev–Trinajstić information content (AvgIpc) is 3.50. The summed E-state index contributed by atoms with van der Waals surface area (Å²) < 4.78 is 10.9. The molecule has 3 aromatic rings. The van der Waals surface area contributed by atoms with Gasteiger partial charge in [0.05, 0.1) is 18.7 Å². The molecule has 6 nitrogen and oxygen atoms in total. The highest BCUT2D eigenvalue weighted by molar-refractivity contribution is 5.95. The Labute approximate surface area is 186 Å². The van der Waals surface area contributed by atoms with Crippen LogP contribution in [0.5, 0.6) is 11.5 Å². The number of anilines is 1. The smallest absolute Gasteiger partial charge is 0.254 e. The van der Waals surface area contributed by atoms with E-state index in [0.717, 1.165) is 28.8 Å². The normalized spacial score (nSPS) is 22.8. The SMILES string of the molecule is O=C(c1ccc2c(c1)OCO2)N1CC[C@@H]2[C@H]1c1cc(-c3ccccc3)ccc1N[C@@H]2CO. The van der Waals surface area contributed by atoms with Crippen LogP contribution in [0.4, 0.5) is 5.69 Å². The Hall–Kier alpha value is -3.51. The molecule has 3 aromatic carbocycles. The van der Waals surface area contributed by atoms with E-state index in [1.807, 2.05) is 23.1 Å². The predicted octanol–water partition coefficient (Wildman–Crippen LogP) is 4.07. The molecule has 0 saturated carbocycles. The zero-order valence-corrected chi connectivity index (χ0v) is 17.5. The first-order valence-corrected chi connectivity index (χ1v) is 11.0. The maximum absolute atomic E-state index is 13.6. The third-order valence-corrected chi connectivity index (χ3v) is 6.86. The zero-order chi connectivity index (χ0) is 21.7. The van der Waals surface area contributed by atoms with Gasteiger partial charge in [-0.05, 0) is 53.4 Å². The van der Waals surface area contributed by atoms with Crippen LogP contribution in [0.3, 0.4) is 0 Å². The average molecular weight is 428 g/mol. The summed E-state index contributed by atoms with van der Waals surface area (Å²) in [6.07, 6.45) is 0.841. The number of likely N-dealkylation sites (tertiary alicyclic amines) is 1. The quantitative estimate of drug-likeness (QED) is 0.658. The molecule has 0 bridgehead atoms. The van der Waals surface area contributed by atoms with E-state index in [1.165, 1.54) is 0 Å². The molecule has 162 valence electrons. The van der Waals surface area contributed by atoms with E-state index in [0.29, 0.717) is 23.6 Å². The fourth-order valence-electron chi connectivity index (χ4n) is 5.30. The molecule has 2 N–H and O–H groups in total. The fourth-order valence-corrected chi connectivity index (χ4v) is 5.30. The Morgan fingerprint density at radius 1 is 1.00 bits per heavy atom. The van der Waals surface area contributed by atoms with Crippen molar-refractivity contribution in [1.29, 1.82) is 0 Å². The number of carbonyl (C=O) groups excluding carboxylic acids is 1.